The Labute approximate surface area is 125 Å². The van der Waals surface area contributed by atoms with Crippen LogP contribution >= 0.6 is 0 Å². The van der Waals surface area contributed by atoms with E-state index in [1.54, 1.807) is 0 Å². The number of aryl methyl sites for hydroxylation is 1. The van der Waals surface area contributed by atoms with Crippen molar-refractivity contribution in [3.63, 3.8) is 0 Å². The largest absolute Gasteiger partial charge is 0.370 e. The first-order valence-electron chi connectivity index (χ1n) is 7.96. The van der Waals surface area contributed by atoms with Crippen LogP contribution in [0.15, 0.2) is 18.3 Å². The first kappa shape index (κ1) is 14.0. The molecule has 2 heterocycles. The lowest BCUT2D eigenvalue weighted by Crippen LogP contribution is -2.07. The van der Waals surface area contributed by atoms with E-state index in [4.69, 9.17) is 4.98 Å². The van der Waals surface area contributed by atoms with Crippen LogP contribution < -0.4 is 5.32 Å². The van der Waals surface area contributed by atoms with Crippen LogP contribution in [-0.2, 0) is 6.54 Å². The summed E-state index contributed by atoms with van der Waals surface area (Å²) in [4.78, 5) is 9.44. The molecule has 0 aromatic carbocycles. The molecule has 112 valence electrons. The van der Waals surface area contributed by atoms with Crippen molar-refractivity contribution in [2.45, 2.75) is 52.0 Å². The molecule has 5 nitrogen and oxygen atoms in total. The zero-order valence-electron chi connectivity index (χ0n) is 12.8. The first-order chi connectivity index (χ1) is 10.3. The summed E-state index contributed by atoms with van der Waals surface area (Å²) in [7, 11) is 0. The minimum absolute atomic E-state index is 0.551. The van der Waals surface area contributed by atoms with Crippen LogP contribution in [0.1, 0.15) is 51.3 Å². The van der Waals surface area contributed by atoms with Crippen molar-refractivity contribution in [1.82, 2.24) is 19.7 Å². The van der Waals surface area contributed by atoms with Gasteiger partial charge >= 0.3 is 0 Å². The van der Waals surface area contributed by atoms with Gasteiger partial charge in [-0.15, -0.1) is 0 Å². The van der Waals surface area contributed by atoms with Crippen molar-refractivity contribution in [2.75, 3.05) is 11.9 Å². The Bertz CT molecular complexity index is 600. The molecule has 1 N–H and O–H groups in total. The highest BCUT2D eigenvalue weighted by Crippen LogP contribution is 2.39. The molecule has 0 unspecified atom stereocenters. The van der Waals surface area contributed by atoms with E-state index in [0.717, 1.165) is 49.0 Å². The Kier molecular flexibility index (Phi) is 4.18. The Morgan fingerprint density at radius 1 is 1.24 bits per heavy atom. The molecule has 0 aliphatic heterocycles. The second-order valence-corrected chi connectivity index (χ2v) is 5.64. The summed E-state index contributed by atoms with van der Waals surface area (Å²) in [5, 5.41) is 7.79. The van der Waals surface area contributed by atoms with Crippen molar-refractivity contribution in [1.29, 1.82) is 0 Å². The van der Waals surface area contributed by atoms with Gasteiger partial charge in [-0.2, -0.15) is 5.10 Å². The normalized spacial score (nSPS) is 14.4. The zero-order chi connectivity index (χ0) is 14.7. The van der Waals surface area contributed by atoms with Gasteiger partial charge < -0.3 is 5.32 Å². The fourth-order valence-electron chi connectivity index (χ4n) is 2.41. The predicted molar refractivity (Wildman–Crippen MR) is 84.3 cm³/mol. The summed E-state index contributed by atoms with van der Waals surface area (Å²) >= 11 is 0. The van der Waals surface area contributed by atoms with E-state index >= 15 is 0 Å². The van der Waals surface area contributed by atoms with E-state index in [-0.39, 0.29) is 0 Å². The van der Waals surface area contributed by atoms with Gasteiger partial charge in [-0.1, -0.05) is 13.8 Å². The molecule has 0 bridgehead atoms. The first-order valence-corrected chi connectivity index (χ1v) is 7.96. The van der Waals surface area contributed by atoms with Crippen molar-refractivity contribution in [2.24, 2.45) is 0 Å². The second-order valence-electron chi connectivity index (χ2n) is 5.64. The van der Waals surface area contributed by atoms with Crippen LogP contribution in [0.2, 0.25) is 0 Å². The van der Waals surface area contributed by atoms with Gasteiger partial charge in [0, 0.05) is 31.3 Å². The minimum atomic E-state index is 0.551. The number of rotatable bonds is 7. The molecule has 1 fully saturated rings. The molecule has 1 aliphatic rings. The number of anilines is 1. The highest BCUT2D eigenvalue weighted by atomic mass is 15.3. The predicted octanol–water partition coefficient (Wildman–Crippen LogP) is 3.45. The molecule has 1 saturated carbocycles. The fraction of sp³-hybridized carbons (Fsp3) is 0.562. The SMILES string of the molecule is CCCNc1cc(-c2ccnn2CCC)nc(C2CC2)n1. The van der Waals surface area contributed by atoms with Crippen LogP contribution in [0.5, 0.6) is 0 Å². The Morgan fingerprint density at radius 2 is 2.10 bits per heavy atom. The van der Waals surface area contributed by atoms with Gasteiger partial charge in [-0.05, 0) is 31.7 Å². The quantitative estimate of drug-likeness (QED) is 0.846. The lowest BCUT2D eigenvalue weighted by atomic mass is 10.2. The van der Waals surface area contributed by atoms with E-state index in [1.807, 2.05) is 23.0 Å². The maximum atomic E-state index is 4.78. The molecule has 0 spiro atoms. The highest BCUT2D eigenvalue weighted by molar-refractivity contribution is 5.59. The number of hydrogen-bond acceptors (Lipinski definition) is 4. The molecule has 2 aromatic heterocycles. The van der Waals surface area contributed by atoms with Gasteiger partial charge in [0.15, 0.2) is 0 Å². The number of nitrogens with one attached hydrogen (secondary N) is 1. The van der Waals surface area contributed by atoms with Crippen LogP contribution in [0.4, 0.5) is 5.82 Å². The molecule has 21 heavy (non-hydrogen) atoms. The Balaban J connectivity index is 1.95. The summed E-state index contributed by atoms with van der Waals surface area (Å²) < 4.78 is 2.03. The molecular formula is C16H23N5. The smallest absolute Gasteiger partial charge is 0.134 e. The van der Waals surface area contributed by atoms with E-state index in [9.17, 15) is 0 Å². The Hall–Kier alpha value is -1.91. The topological polar surface area (TPSA) is 55.6 Å². The van der Waals surface area contributed by atoms with E-state index in [2.05, 4.69) is 29.2 Å². The number of aromatic nitrogens is 4. The lowest BCUT2D eigenvalue weighted by Gasteiger charge is -2.10. The van der Waals surface area contributed by atoms with Gasteiger partial charge in [-0.3, -0.25) is 4.68 Å². The molecule has 3 rings (SSSR count). The average Bonchev–Trinajstić information content (AvgIpc) is 3.25. The summed E-state index contributed by atoms with van der Waals surface area (Å²) in [6.07, 6.45) is 6.43. The summed E-state index contributed by atoms with van der Waals surface area (Å²) in [5.41, 5.74) is 2.07. The van der Waals surface area contributed by atoms with Crippen LogP contribution in [-0.4, -0.2) is 26.3 Å². The lowest BCUT2D eigenvalue weighted by molar-refractivity contribution is 0.607. The molecule has 0 amide bonds. The Morgan fingerprint density at radius 3 is 2.81 bits per heavy atom. The standard InChI is InChI=1S/C16H23N5/c1-3-8-17-15-11-13(19-16(20-15)12-5-6-12)14-7-9-18-21(14)10-4-2/h7,9,11-12H,3-6,8,10H2,1-2H3,(H,17,19,20). The van der Waals surface area contributed by atoms with Crippen molar-refractivity contribution in [3.05, 3.63) is 24.2 Å². The maximum absolute atomic E-state index is 4.78. The number of nitrogens with zero attached hydrogens (tertiary/aromatic N) is 4. The highest BCUT2D eigenvalue weighted by Gasteiger charge is 2.27. The van der Waals surface area contributed by atoms with Crippen molar-refractivity contribution < 1.29 is 0 Å². The third-order valence-electron chi connectivity index (χ3n) is 3.66. The third kappa shape index (κ3) is 3.23. The van der Waals surface area contributed by atoms with Gasteiger partial charge in [0.1, 0.15) is 11.6 Å². The molecule has 1 aliphatic carbocycles. The summed E-state index contributed by atoms with van der Waals surface area (Å²) in [6, 6.07) is 4.09. The summed E-state index contributed by atoms with van der Waals surface area (Å²) in [6.45, 7) is 6.18. The van der Waals surface area contributed by atoms with E-state index in [1.165, 1.54) is 12.8 Å². The monoisotopic (exact) mass is 285 g/mol. The number of hydrogen-bond donors (Lipinski definition) is 1. The van der Waals surface area contributed by atoms with Gasteiger partial charge in [0.2, 0.25) is 0 Å². The maximum Gasteiger partial charge on any atom is 0.134 e. The van der Waals surface area contributed by atoms with Crippen LogP contribution in [0.3, 0.4) is 0 Å². The molecule has 0 saturated heterocycles. The molecule has 2 aromatic rings. The van der Waals surface area contributed by atoms with Crippen LogP contribution in [0, 0.1) is 0 Å². The molecule has 0 atom stereocenters. The fourth-order valence-corrected chi connectivity index (χ4v) is 2.41. The van der Waals surface area contributed by atoms with Gasteiger partial charge in [-0.25, -0.2) is 9.97 Å². The van der Waals surface area contributed by atoms with Gasteiger partial charge in [0.05, 0.1) is 11.4 Å². The van der Waals surface area contributed by atoms with Crippen LogP contribution in [0.25, 0.3) is 11.4 Å². The molecule has 0 radical (unpaired) electrons. The van der Waals surface area contributed by atoms with Gasteiger partial charge in [0.25, 0.3) is 0 Å². The zero-order valence-corrected chi connectivity index (χ0v) is 12.8. The van der Waals surface area contributed by atoms with Crippen molar-refractivity contribution >= 4 is 5.82 Å². The third-order valence-corrected chi connectivity index (χ3v) is 3.66. The second kappa shape index (κ2) is 6.24. The van der Waals surface area contributed by atoms with E-state index in [0.29, 0.717) is 5.92 Å². The molecular weight excluding hydrogens is 262 g/mol. The minimum Gasteiger partial charge on any atom is -0.370 e. The van der Waals surface area contributed by atoms with E-state index < -0.39 is 0 Å². The molecule has 5 heteroatoms. The van der Waals surface area contributed by atoms with Crippen molar-refractivity contribution in [3.8, 4) is 11.4 Å². The average molecular weight is 285 g/mol. The summed E-state index contributed by atoms with van der Waals surface area (Å²) in [5.74, 6) is 2.47.